The van der Waals surface area contributed by atoms with E-state index in [4.69, 9.17) is 16.3 Å². The fourth-order valence-electron chi connectivity index (χ4n) is 3.28. The van der Waals surface area contributed by atoms with Crippen molar-refractivity contribution in [2.24, 2.45) is 11.3 Å². The van der Waals surface area contributed by atoms with Gasteiger partial charge in [0.1, 0.15) is 0 Å². The van der Waals surface area contributed by atoms with Gasteiger partial charge in [0, 0.05) is 12.0 Å². The van der Waals surface area contributed by atoms with Crippen LogP contribution >= 0.6 is 23.4 Å². The van der Waals surface area contributed by atoms with Gasteiger partial charge in [-0.2, -0.15) is 11.8 Å². The van der Waals surface area contributed by atoms with Gasteiger partial charge in [-0.1, -0.05) is 20.8 Å². The zero-order valence-corrected chi connectivity index (χ0v) is 14.3. The second-order valence-electron chi connectivity index (χ2n) is 7.41. The predicted octanol–water partition coefficient (Wildman–Crippen LogP) is 5.11. The first-order chi connectivity index (χ1) is 8.91. The Balaban J connectivity index is 1.81. The summed E-state index contributed by atoms with van der Waals surface area (Å²) in [5.74, 6) is 3.40. The zero-order chi connectivity index (χ0) is 13.9. The van der Waals surface area contributed by atoms with Gasteiger partial charge in [-0.3, -0.25) is 0 Å². The molecule has 2 rings (SSSR count). The fraction of sp³-hybridized carbons (Fsp3) is 1.00. The molecule has 0 N–H and O–H groups in total. The van der Waals surface area contributed by atoms with Crippen LogP contribution in [-0.2, 0) is 4.74 Å². The van der Waals surface area contributed by atoms with Crippen LogP contribution < -0.4 is 0 Å². The number of hydrogen-bond donors (Lipinski definition) is 0. The van der Waals surface area contributed by atoms with Gasteiger partial charge < -0.3 is 4.74 Å². The van der Waals surface area contributed by atoms with Crippen molar-refractivity contribution in [2.75, 3.05) is 18.1 Å². The number of hydrogen-bond acceptors (Lipinski definition) is 2. The van der Waals surface area contributed by atoms with Gasteiger partial charge in [-0.15, -0.1) is 11.6 Å². The van der Waals surface area contributed by atoms with E-state index in [1.165, 1.54) is 43.6 Å². The summed E-state index contributed by atoms with van der Waals surface area (Å²) in [6, 6.07) is 0. The summed E-state index contributed by atoms with van der Waals surface area (Å²) in [6.07, 6.45) is 7.48. The standard InChI is InChI=1S/C16H29ClOS/c1-15(2,3)14(17)5-4-13-6-9-18-16(12-13)7-10-19-11-8-16/h13-14H,4-12H2,1-3H3. The Kier molecular flexibility index (Phi) is 5.53. The van der Waals surface area contributed by atoms with Crippen molar-refractivity contribution in [1.29, 1.82) is 0 Å². The molecule has 0 bridgehead atoms. The Labute approximate surface area is 128 Å². The Morgan fingerprint density at radius 1 is 1.32 bits per heavy atom. The molecule has 0 radical (unpaired) electrons. The molecule has 0 aromatic heterocycles. The van der Waals surface area contributed by atoms with Gasteiger partial charge in [0.15, 0.2) is 0 Å². The van der Waals surface area contributed by atoms with Crippen molar-refractivity contribution < 1.29 is 4.74 Å². The molecule has 0 aromatic rings. The van der Waals surface area contributed by atoms with Crippen molar-refractivity contribution >= 4 is 23.4 Å². The minimum atomic E-state index is 0.228. The Bertz CT molecular complexity index is 275. The van der Waals surface area contributed by atoms with Gasteiger partial charge in [0.25, 0.3) is 0 Å². The number of alkyl halides is 1. The van der Waals surface area contributed by atoms with Crippen molar-refractivity contribution in [2.45, 2.75) is 70.3 Å². The lowest BCUT2D eigenvalue weighted by atomic mass is 9.78. The maximum atomic E-state index is 6.52. The van der Waals surface area contributed by atoms with Crippen LogP contribution in [-0.4, -0.2) is 29.1 Å². The minimum absolute atomic E-state index is 0.228. The van der Waals surface area contributed by atoms with E-state index >= 15 is 0 Å². The summed E-state index contributed by atoms with van der Waals surface area (Å²) in [6.45, 7) is 7.70. The van der Waals surface area contributed by atoms with E-state index in [2.05, 4.69) is 32.5 Å². The highest BCUT2D eigenvalue weighted by molar-refractivity contribution is 7.99. The highest BCUT2D eigenvalue weighted by Crippen LogP contribution is 2.41. The van der Waals surface area contributed by atoms with E-state index in [0.29, 0.717) is 5.38 Å². The van der Waals surface area contributed by atoms with E-state index in [9.17, 15) is 0 Å². The molecule has 2 aliphatic rings. The average Bonchev–Trinajstić information content (AvgIpc) is 2.36. The number of thioether (sulfide) groups is 1. The third kappa shape index (κ3) is 4.54. The van der Waals surface area contributed by atoms with Crippen LogP contribution in [0.3, 0.4) is 0 Å². The van der Waals surface area contributed by atoms with E-state index in [-0.39, 0.29) is 11.0 Å². The van der Waals surface area contributed by atoms with E-state index in [1.807, 2.05) is 0 Å². The van der Waals surface area contributed by atoms with Crippen LogP contribution in [0.25, 0.3) is 0 Å². The lowest BCUT2D eigenvalue weighted by molar-refractivity contribution is -0.103. The van der Waals surface area contributed by atoms with Crippen LogP contribution in [0.15, 0.2) is 0 Å². The summed E-state index contributed by atoms with van der Waals surface area (Å²) >= 11 is 8.60. The van der Waals surface area contributed by atoms with Crippen molar-refractivity contribution in [3.63, 3.8) is 0 Å². The molecular weight excluding hydrogens is 276 g/mol. The molecule has 2 unspecified atom stereocenters. The second-order valence-corrected chi connectivity index (χ2v) is 9.17. The lowest BCUT2D eigenvalue weighted by Gasteiger charge is -2.43. The largest absolute Gasteiger partial charge is 0.375 e. The fourth-order valence-corrected chi connectivity index (χ4v) is 4.65. The quantitative estimate of drug-likeness (QED) is 0.670. The molecule has 0 amide bonds. The molecular formula is C16H29ClOS. The molecule has 2 atom stereocenters. The molecule has 1 spiro atoms. The molecule has 0 saturated carbocycles. The molecule has 3 heteroatoms. The van der Waals surface area contributed by atoms with Crippen molar-refractivity contribution in [1.82, 2.24) is 0 Å². The first kappa shape index (κ1) is 16.0. The molecule has 2 fully saturated rings. The second kappa shape index (κ2) is 6.58. The normalized spacial score (nSPS) is 29.4. The van der Waals surface area contributed by atoms with E-state index in [1.54, 1.807) is 0 Å². The predicted molar refractivity (Wildman–Crippen MR) is 86.3 cm³/mol. The third-order valence-electron chi connectivity index (χ3n) is 4.77. The molecule has 2 heterocycles. The van der Waals surface area contributed by atoms with Crippen LogP contribution in [0.2, 0.25) is 0 Å². The lowest BCUT2D eigenvalue weighted by Crippen LogP contribution is -2.43. The summed E-state index contributed by atoms with van der Waals surface area (Å²) in [7, 11) is 0. The number of ether oxygens (including phenoxy) is 1. The molecule has 0 aromatic carbocycles. The SMILES string of the molecule is CC(C)(C)C(Cl)CCC1CCOC2(CCSCC2)C1. The summed E-state index contributed by atoms with van der Waals surface area (Å²) in [5.41, 5.74) is 0.462. The van der Waals surface area contributed by atoms with Gasteiger partial charge >= 0.3 is 0 Å². The van der Waals surface area contributed by atoms with Gasteiger partial charge in [0.05, 0.1) is 5.60 Å². The maximum Gasteiger partial charge on any atom is 0.0700 e. The van der Waals surface area contributed by atoms with Crippen LogP contribution in [0.1, 0.15) is 59.3 Å². The van der Waals surface area contributed by atoms with E-state index in [0.717, 1.165) is 18.9 Å². The summed E-state index contributed by atoms with van der Waals surface area (Å²) < 4.78 is 6.16. The first-order valence-corrected chi connectivity index (χ1v) is 9.36. The van der Waals surface area contributed by atoms with Gasteiger partial charge in [-0.05, 0) is 61.4 Å². The summed E-state index contributed by atoms with van der Waals surface area (Å²) in [5, 5.41) is 0.299. The average molecular weight is 305 g/mol. The van der Waals surface area contributed by atoms with Crippen molar-refractivity contribution in [3.8, 4) is 0 Å². The maximum absolute atomic E-state index is 6.52. The summed E-state index contributed by atoms with van der Waals surface area (Å²) in [4.78, 5) is 0. The van der Waals surface area contributed by atoms with Gasteiger partial charge in [0.2, 0.25) is 0 Å². The molecule has 2 aliphatic heterocycles. The minimum Gasteiger partial charge on any atom is -0.375 e. The van der Waals surface area contributed by atoms with Crippen LogP contribution in [0.4, 0.5) is 0 Å². The topological polar surface area (TPSA) is 9.23 Å². The smallest absolute Gasteiger partial charge is 0.0700 e. The van der Waals surface area contributed by atoms with E-state index < -0.39 is 0 Å². The molecule has 0 aliphatic carbocycles. The monoisotopic (exact) mass is 304 g/mol. The Morgan fingerprint density at radius 3 is 2.63 bits per heavy atom. The molecule has 2 saturated heterocycles. The van der Waals surface area contributed by atoms with Gasteiger partial charge in [-0.25, -0.2) is 0 Å². The Morgan fingerprint density at radius 2 is 2.00 bits per heavy atom. The zero-order valence-electron chi connectivity index (χ0n) is 12.7. The number of halogens is 1. The molecule has 1 nitrogen and oxygen atoms in total. The number of rotatable bonds is 3. The molecule has 112 valence electrons. The Hall–Kier alpha value is 0.600. The highest BCUT2D eigenvalue weighted by Gasteiger charge is 2.38. The van der Waals surface area contributed by atoms with Crippen LogP contribution in [0.5, 0.6) is 0 Å². The highest BCUT2D eigenvalue weighted by atomic mass is 35.5. The van der Waals surface area contributed by atoms with Crippen LogP contribution in [0, 0.1) is 11.3 Å². The third-order valence-corrected chi connectivity index (χ3v) is 6.63. The molecule has 19 heavy (non-hydrogen) atoms. The van der Waals surface area contributed by atoms with Crippen molar-refractivity contribution in [3.05, 3.63) is 0 Å². The first-order valence-electron chi connectivity index (χ1n) is 7.77.